The molecule has 0 saturated heterocycles. The third kappa shape index (κ3) is 8.84. The molecule has 291 valence electrons. The fourth-order valence-corrected chi connectivity index (χ4v) is 7.66. The molecular formula is C53H52IrN2O-2. The molecule has 3 nitrogen and oxygen atoms in total. The van der Waals surface area contributed by atoms with Crippen molar-refractivity contribution in [3.63, 3.8) is 0 Å². The third-order valence-electron chi connectivity index (χ3n) is 10.7. The molecule has 1 saturated carbocycles. The van der Waals surface area contributed by atoms with E-state index in [1.807, 2.05) is 99.6 Å². The van der Waals surface area contributed by atoms with Crippen molar-refractivity contribution in [3.05, 3.63) is 156 Å². The topological polar surface area (TPSA) is 35.0 Å². The zero-order valence-electron chi connectivity index (χ0n) is 42.0. The number of pyridine rings is 2. The minimum absolute atomic E-state index is 0. The van der Waals surface area contributed by atoms with Gasteiger partial charge >= 0.3 is 0 Å². The zero-order chi connectivity index (χ0) is 46.7. The summed E-state index contributed by atoms with van der Waals surface area (Å²) in [4.78, 5) is 8.94. The van der Waals surface area contributed by atoms with Crippen LogP contribution in [0.4, 0.5) is 0 Å². The Morgan fingerprint density at radius 2 is 1.56 bits per heavy atom. The SMILES string of the molecule is [2H]C([2H])([2H])c1cnc(-c2[c-]ccc3c2Oc2cccc4cccc-3c24)cc1-c1ccc(C2([2H])CCC(C)(C)CC2)cc1C([2H])([2H])[2H].[2H]C([2H])(c1ccc(-c2[c-]cccc2)nc1)C(C)(C)C.[Ir]. The molecule has 4 heteroatoms. The van der Waals surface area contributed by atoms with Gasteiger partial charge in [0, 0.05) is 50.2 Å². The van der Waals surface area contributed by atoms with Gasteiger partial charge in [-0.05, 0) is 124 Å². The first-order valence-corrected chi connectivity index (χ1v) is 19.3. The van der Waals surface area contributed by atoms with E-state index in [4.69, 9.17) is 15.7 Å². The van der Waals surface area contributed by atoms with Crippen molar-refractivity contribution in [2.24, 2.45) is 10.8 Å². The molecule has 1 aliphatic heterocycles. The zero-order valence-corrected chi connectivity index (χ0v) is 35.4. The molecule has 9 rings (SSSR count). The first kappa shape index (κ1) is 30.2. The van der Waals surface area contributed by atoms with Gasteiger partial charge in [-0.25, -0.2) is 0 Å². The summed E-state index contributed by atoms with van der Waals surface area (Å²) < 4.78 is 82.6. The molecule has 0 spiro atoms. The maximum atomic E-state index is 9.28. The smallest absolute Gasteiger partial charge is 0.122 e. The van der Waals surface area contributed by atoms with Gasteiger partial charge in [0.2, 0.25) is 0 Å². The van der Waals surface area contributed by atoms with Crippen LogP contribution in [-0.2, 0) is 26.5 Å². The van der Waals surface area contributed by atoms with Crippen molar-refractivity contribution in [2.75, 3.05) is 0 Å². The predicted molar refractivity (Wildman–Crippen MR) is 233 cm³/mol. The molecule has 0 N–H and O–H groups in total. The number of aryl methyl sites for hydroxylation is 2. The molecule has 3 heterocycles. The Morgan fingerprint density at radius 3 is 2.28 bits per heavy atom. The Labute approximate surface area is 366 Å². The van der Waals surface area contributed by atoms with E-state index in [0.29, 0.717) is 52.3 Å². The minimum atomic E-state index is -2.55. The van der Waals surface area contributed by atoms with E-state index in [1.165, 1.54) is 6.20 Å². The van der Waals surface area contributed by atoms with Crippen molar-refractivity contribution in [1.29, 1.82) is 0 Å². The van der Waals surface area contributed by atoms with E-state index in [0.717, 1.165) is 46.0 Å². The Morgan fingerprint density at radius 1 is 0.772 bits per heavy atom. The van der Waals surface area contributed by atoms with Gasteiger partial charge in [-0.1, -0.05) is 112 Å². The predicted octanol–water partition coefficient (Wildman–Crippen LogP) is 14.6. The Hall–Kier alpha value is -4.89. The summed E-state index contributed by atoms with van der Waals surface area (Å²) in [5.41, 5.74) is 6.05. The molecule has 7 aromatic rings. The van der Waals surface area contributed by atoms with Crippen LogP contribution in [0.2, 0.25) is 0 Å². The summed E-state index contributed by atoms with van der Waals surface area (Å²) in [6.07, 6.45) is 4.54. The summed E-state index contributed by atoms with van der Waals surface area (Å²) in [7, 11) is 0. The largest absolute Gasteiger partial charge is 0.501 e. The van der Waals surface area contributed by atoms with Gasteiger partial charge in [0.15, 0.2) is 0 Å². The van der Waals surface area contributed by atoms with Crippen LogP contribution in [0, 0.1) is 36.7 Å². The second kappa shape index (κ2) is 16.5. The van der Waals surface area contributed by atoms with Gasteiger partial charge in [-0.15, -0.1) is 54.1 Å². The molecule has 0 atom stereocenters. The van der Waals surface area contributed by atoms with Gasteiger partial charge in [-0.2, -0.15) is 0 Å². The Bertz CT molecular complexity index is 2870. The van der Waals surface area contributed by atoms with Crippen LogP contribution in [0.3, 0.4) is 0 Å². The molecule has 57 heavy (non-hydrogen) atoms. The number of fused-ring (bicyclic) bond motifs is 2. The van der Waals surface area contributed by atoms with Crippen molar-refractivity contribution in [3.8, 4) is 56.3 Å². The average Bonchev–Trinajstić information content (AvgIpc) is 3.27. The second-order valence-electron chi connectivity index (χ2n) is 16.6. The van der Waals surface area contributed by atoms with E-state index in [1.54, 1.807) is 36.5 Å². The Kier molecular flexibility index (Phi) is 8.77. The molecule has 1 aliphatic carbocycles. The van der Waals surface area contributed by atoms with Crippen LogP contribution < -0.4 is 4.74 Å². The number of nitrogens with zero attached hydrogens (tertiary/aromatic N) is 2. The van der Waals surface area contributed by atoms with Gasteiger partial charge in [0.1, 0.15) is 5.75 Å². The summed E-state index contributed by atoms with van der Waals surface area (Å²) in [6, 6.07) is 40.1. The summed E-state index contributed by atoms with van der Waals surface area (Å²) in [5, 5.41) is 2.07. The normalized spacial score (nSPS) is 18.0. The quantitative estimate of drug-likeness (QED) is 0.161. The van der Waals surface area contributed by atoms with E-state index in [9.17, 15) is 1.37 Å². The number of rotatable bonds is 5. The van der Waals surface area contributed by atoms with Crippen molar-refractivity contribution >= 4 is 10.8 Å². The maximum absolute atomic E-state index is 9.28. The van der Waals surface area contributed by atoms with E-state index < -0.39 is 31.4 Å². The van der Waals surface area contributed by atoms with Gasteiger partial charge in [-0.3, -0.25) is 0 Å². The van der Waals surface area contributed by atoms with E-state index in [-0.39, 0.29) is 42.2 Å². The van der Waals surface area contributed by atoms with Crippen molar-refractivity contribution in [2.45, 2.75) is 86.3 Å². The number of aromatic nitrogens is 2. The summed E-state index contributed by atoms with van der Waals surface area (Å²) in [6.45, 7) is 4.99. The number of benzene rings is 5. The van der Waals surface area contributed by atoms with Crippen LogP contribution >= 0.6 is 0 Å². The number of hydrogen-bond acceptors (Lipinski definition) is 3. The van der Waals surface area contributed by atoms with E-state index >= 15 is 0 Å². The monoisotopic (exact) mass is 934 g/mol. The molecular weight excluding hydrogens is 873 g/mol. The van der Waals surface area contributed by atoms with Gasteiger partial charge in [0.05, 0.1) is 5.75 Å². The molecule has 2 aromatic heterocycles. The molecule has 1 fully saturated rings. The van der Waals surface area contributed by atoms with Gasteiger partial charge < -0.3 is 14.7 Å². The average molecular weight is 934 g/mol. The maximum Gasteiger partial charge on any atom is 0.122 e. The summed E-state index contributed by atoms with van der Waals surface area (Å²) in [5.74, 6) is 0.354. The van der Waals surface area contributed by atoms with Crippen molar-refractivity contribution in [1.82, 2.24) is 9.97 Å². The second-order valence-corrected chi connectivity index (χ2v) is 16.6. The van der Waals surface area contributed by atoms with Crippen LogP contribution in [0.15, 0.2) is 122 Å². The van der Waals surface area contributed by atoms with E-state index in [2.05, 4.69) is 35.9 Å². The molecule has 0 unspecified atom stereocenters. The fourth-order valence-electron chi connectivity index (χ4n) is 7.66. The van der Waals surface area contributed by atoms with Crippen LogP contribution in [0.5, 0.6) is 11.5 Å². The standard InChI is InChI=1S/C37H34NO.C16H18N.Ir/c1-23-20-27(25-16-18-37(3,4)19-17-25)14-15-28(23)32-21-33(38-22-24(32)2)31-12-7-11-30-29-10-5-8-26-9-6-13-34(35(26)29)39-36(30)31;1-16(2,3)11-13-9-10-15(17-12-13)14-7-5-4-6-8-14;/h5-11,13-15,20-22,25H,16-19H2,1-4H3;4-7,9-10,12H,11H2,1-3H3;/q2*-1;/i1D3,2D3,25D;11D2;. The van der Waals surface area contributed by atoms with Gasteiger partial charge in [0.25, 0.3) is 0 Å². The fraction of sp³-hybridized carbons (Fsp3) is 0.283. The van der Waals surface area contributed by atoms with Crippen LogP contribution in [0.25, 0.3) is 55.5 Å². The molecule has 0 amide bonds. The van der Waals surface area contributed by atoms with Crippen molar-refractivity contribution < 1.29 is 37.2 Å². The molecule has 5 aromatic carbocycles. The molecule has 2 aliphatic rings. The third-order valence-corrected chi connectivity index (χ3v) is 10.7. The number of hydrogen-bond donors (Lipinski definition) is 0. The molecule has 0 bridgehead atoms. The molecule has 1 radical (unpaired) electrons. The first-order valence-electron chi connectivity index (χ1n) is 23.8. The minimum Gasteiger partial charge on any atom is -0.501 e. The van der Waals surface area contributed by atoms with Crippen LogP contribution in [-0.4, -0.2) is 9.97 Å². The number of ether oxygens (including phenoxy) is 1. The summed E-state index contributed by atoms with van der Waals surface area (Å²) >= 11 is 0. The first-order chi connectivity index (χ1) is 30.5. The van der Waals surface area contributed by atoms with Crippen LogP contribution in [0.1, 0.15) is 101 Å². The Balaban J connectivity index is 0.000000272.